The number of carbonyl (C=O) groups excluding carboxylic acids is 3. The fraction of sp³-hybridized carbons (Fsp3) is 0.438. The molecule has 2 aliphatic heterocycles. The maximum Gasteiger partial charge on any atom is 0.290 e. The predicted octanol–water partition coefficient (Wildman–Crippen LogP) is 2.87. The van der Waals surface area contributed by atoms with Gasteiger partial charge < -0.3 is 35.8 Å². The Labute approximate surface area is 261 Å². The minimum Gasteiger partial charge on any atom is -0.484 e. The molecular formula is C32H42N4O7S. The van der Waals surface area contributed by atoms with E-state index in [0.717, 1.165) is 29.5 Å². The van der Waals surface area contributed by atoms with Crippen molar-refractivity contribution in [2.24, 2.45) is 5.41 Å². The summed E-state index contributed by atoms with van der Waals surface area (Å²) < 4.78 is 12.3. The number of hydrogen-bond acceptors (Lipinski definition) is 8. The smallest absolute Gasteiger partial charge is 0.290 e. The van der Waals surface area contributed by atoms with Crippen molar-refractivity contribution >= 4 is 45.6 Å². The van der Waals surface area contributed by atoms with Gasteiger partial charge in [0.1, 0.15) is 5.75 Å². The standard InChI is InChI=1S/C31H40N4O5S.CH2O2/c1-39-16-12-31(30(38)34-20-24-7-10-27-25(18-24)11-17-41-27)19-23-5-8-26(9-6-23)40-21-29(37)33-15-3-14-32-13-2-4-28(36)35-22-31;2-1-3/h5-11,17-18,32H,2-4,12-16,19-22H2,1H3,(H,33,37)(H,34,38)(H,35,36);1H,(H,2,3). The molecule has 44 heavy (non-hydrogen) atoms. The molecule has 12 heteroatoms. The number of hydrogen-bond donors (Lipinski definition) is 5. The second kappa shape index (κ2) is 18.6. The quantitative estimate of drug-likeness (QED) is 0.262. The summed E-state index contributed by atoms with van der Waals surface area (Å²) >= 11 is 1.69. The number of fused-ring (bicyclic) bond motifs is 18. The highest BCUT2D eigenvalue weighted by molar-refractivity contribution is 7.17. The zero-order valence-corrected chi connectivity index (χ0v) is 25.9. The van der Waals surface area contributed by atoms with E-state index in [9.17, 15) is 14.4 Å². The molecule has 0 fully saturated rings. The summed E-state index contributed by atoms with van der Waals surface area (Å²) in [5.74, 6) is 0.174. The van der Waals surface area contributed by atoms with E-state index in [1.165, 1.54) is 4.70 Å². The lowest BCUT2D eigenvalue weighted by Crippen LogP contribution is -2.50. The van der Waals surface area contributed by atoms with Crippen LogP contribution in [0, 0.1) is 5.41 Å². The van der Waals surface area contributed by atoms with E-state index in [4.69, 9.17) is 19.4 Å². The molecule has 2 aromatic carbocycles. The summed E-state index contributed by atoms with van der Waals surface area (Å²) in [5.41, 5.74) is 1.00. The normalized spacial score (nSPS) is 18.6. The molecule has 5 rings (SSSR count). The van der Waals surface area contributed by atoms with Gasteiger partial charge in [-0.05, 0) is 91.0 Å². The Morgan fingerprint density at radius 1 is 1.07 bits per heavy atom. The maximum atomic E-state index is 14.0. The lowest BCUT2D eigenvalue weighted by Gasteiger charge is -2.33. The summed E-state index contributed by atoms with van der Waals surface area (Å²) in [6.45, 7) is 2.62. The molecule has 3 heterocycles. The Bertz CT molecular complexity index is 1350. The fourth-order valence-electron chi connectivity index (χ4n) is 4.90. The molecule has 0 radical (unpaired) electrons. The summed E-state index contributed by atoms with van der Waals surface area (Å²) in [4.78, 5) is 47.3. The van der Waals surface area contributed by atoms with Crippen LogP contribution in [-0.2, 0) is 36.9 Å². The van der Waals surface area contributed by atoms with Crippen LogP contribution in [0.15, 0.2) is 53.9 Å². The highest BCUT2D eigenvalue weighted by atomic mass is 32.1. The number of amides is 3. The zero-order valence-electron chi connectivity index (χ0n) is 25.1. The largest absolute Gasteiger partial charge is 0.484 e. The molecule has 0 aliphatic carbocycles. The Morgan fingerprint density at radius 3 is 2.61 bits per heavy atom. The first-order valence-corrected chi connectivity index (χ1v) is 15.5. The van der Waals surface area contributed by atoms with Crippen LogP contribution in [0.4, 0.5) is 0 Å². The van der Waals surface area contributed by atoms with Gasteiger partial charge in [-0.15, -0.1) is 11.3 Å². The average molecular weight is 627 g/mol. The van der Waals surface area contributed by atoms with Crippen molar-refractivity contribution in [3.05, 3.63) is 65.0 Å². The van der Waals surface area contributed by atoms with Gasteiger partial charge in [-0.1, -0.05) is 18.2 Å². The summed E-state index contributed by atoms with van der Waals surface area (Å²) in [7, 11) is 1.61. The number of carboxylic acid groups (broad SMARTS) is 1. The second-order valence-electron chi connectivity index (χ2n) is 10.5. The number of rotatable bonds is 6. The van der Waals surface area contributed by atoms with E-state index in [2.05, 4.69) is 44.8 Å². The monoisotopic (exact) mass is 626 g/mol. The van der Waals surface area contributed by atoms with Crippen molar-refractivity contribution in [1.82, 2.24) is 21.3 Å². The molecule has 3 amide bonds. The van der Waals surface area contributed by atoms with Gasteiger partial charge in [0, 0.05) is 44.5 Å². The molecule has 2 bridgehead atoms. The molecule has 1 unspecified atom stereocenters. The van der Waals surface area contributed by atoms with Crippen molar-refractivity contribution in [2.45, 2.75) is 38.6 Å². The Morgan fingerprint density at radius 2 is 1.84 bits per heavy atom. The van der Waals surface area contributed by atoms with Crippen molar-refractivity contribution in [1.29, 1.82) is 0 Å². The summed E-state index contributed by atoms with van der Waals surface area (Å²) in [6.07, 6.45) is 2.65. The van der Waals surface area contributed by atoms with E-state index in [0.29, 0.717) is 57.7 Å². The Kier molecular flexibility index (Phi) is 14.6. The van der Waals surface area contributed by atoms with Crippen LogP contribution >= 0.6 is 11.3 Å². The zero-order chi connectivity index (χ0) is 31.6. The molecular weight excluding hydrogens is 584 g/mol. The fourth-order valence-corrected chi connectivity index (χ4v) is 5.67. The third-order valence-corrected chi connectivity index (χ3v) is 8.20. The lowest BCUT2D eigenvalue weighted by atomic mass is 9.77. The van der Waals surface area contributed by atoms with Gasteiger partial charge >= 0.3 is 0 Å². The van der Waals surface area contributed by atoms with Gasteiger partial charge in [0.25, 0.3) is 12.4 Å². The third-order valence-electron chi connectivity index (χ3n) is 7.31. The van der Waals surface area contributed by atoms with Crippen molar-refractivity contribution in [3.8, 4) is 5.75 Å². The van der Waals surface area contributed by atoms with E-state index in [-0.39, 0.29) is 37.3 Å². The highest BCUT2D eigenvalue weighted by Crippen LogP contribution is 2.29. The SMILES string of the molecule is COCCC1(C(=O)NCc2ccc3sccc3c2)CNC(=O)CCCNCCCNC(=O)COc2ccc(cc2)C1.O=CO. The van der Waals surface area contributed by atoms with Gasteiger partial charge in [0.05, 0.1) is 5.41 Å². The van der Waals surface area contributed by atoms with Crippen LogP contribution in [-0.4, -0.2) is 75.8 Å². The number of nitrogens with one attached hydrogen (secondary N) is 4. The van der Waals surface area contributed by atoms with E-state index < -0.39 is 5.41 Å². The molecule has 0 spiro atoms. The number of thiophene rings is 1. The molecule has 3 aromatic rings. The van der Waals surface area contributed by atoms with Gasteiger partial charge in [-0.2, -0.15) is 0 Å². The number of carbonyl (C=O) groups is 4. The third kappa shape index (κ3) is 11.3. The van der Waals surface area contributed by atoms with Crippen LogP contribution in [0.3, 0.4) is 0 Å². The lowest BCUT2D eigenvalue weighted by molar-refractivity contribution is -0.133. The van der Waals surface area contributed by atoms with Crippen LogP contribution < -0.4 is 26.0 Å². The van der Waals surface area contributed by atoms with Gasteiger partial charge in [-0.25, -0.2) is 0 Å². The molecule has 2 aliphatic rings. The number of methoxy groups -OCH3 is 1. The summed E-state index contributed by atoms with van der Waals surface area (Å²) in [5, 5.41) is 22.4. The average Bonchev–Trinajstić information content (AvgIpc) is 3.50. The maximum absolute atomic E-state index is 14.0. The molecule has 0 saturated carbocycles. The van der Waals surface area contributed by atoms with Crippen molar-refractivity contribution in [3.63, 3.8) is 0 Å². The number of ether oxygens (including phenoxy) is 2. The van der Waals surface area contributed by atoms with E-state index in [1.54, 1.807) is 30.6 Å². The molecule has 0 saturated heterocycles. The van der Waals surface area contributed by atoms with Gasteiger partial charge in [-0.3, -0.25) is 19.2 Å². The first-order chi connectivity index (χ1) is 21.4. The van der Waals surface area contributed by atoms with Crippen molar-refractivity contribution in [2.75, 3.05) is 46.5 Å². The molecule has 238 valence electrons. The first-order valence-electron chi connectivity index (χ1n) is 14.7. The van der Waals surface area contributed by atoms with E-state index >= 15 is 0 Å². The van der Waals surface area contributed by atoms with Gasteiger partial charge in [0.2, 0.25) is 11.8 Å². The minimum absolute atomic E-state index is 0.0594. The predicted molar refractivity (Wildman–Crippen MR) is 170 cm³/mol. The molecule has 1 aromatic heterocycles. The van der Waals surface area contributed by atoms with Crippen LogP contribution in [0.25, 0.3) is 10.1 Å². The van der Waals surface area contributed by atoms with Crippen molar-refractivity contribution < 1.29 is 33.8 Å². The molecule has 5 N–H and O–H groups in total. The van der Waals surface area contributed by atoms with Crippen LogP contribution in [0.2, 0.25) is 0 Å². The molecule has 1 atom stereocenters. The minimum atomic E-state index is -0.931. The highest BCUT2D eigenvalue weighted by Gasteiger charge is 2.38. The Hall–Kier alpha value is -4.00. The second-order valence-corrected chi connectivity index (χ2v) is 11.5. The van der Waals surface area contributed by atoms with Crippen LogP contribution in [0.1, 0.15) is 36.8 Å². The Balaban J connectivity index is 0.00000169. The molecule has 11 nitrogen and oxygen atoms in total. The summed E-state index contributed by atoms with van der Waals surface area (Å²) in [6, 6.07) is 15.7. The topological polar surface area (TPSA) is 155 Å². The van der Waals surface area contributed by atoms with Gasteiger partial charge in [0.15, 0.2) is 6.61 Å². The van der Waals surface area contributed by atoms with Crippen LogP contribution in [0.5, 0.6) is 5.75 Å². The first kappa shape index (κ1) is 34.5. The van der Waals surface area contributed by atoms with E-state index in [1.807, 2.05) is 18.2 Å². The number of benzene rings is 2.